The molecule has 1 N–H and O–H groups in total. The molecular weight excluding hydrogens is 316 g/mol. The highest BCUT2D eigenvalue weighted by Crippen LogP contribution is 2.34. The number of benzene rings is 1. The number of hydrogen-bond donors (Lipinski definition) is 1. The van der Waals surface area contributed by atoms with Crippen LogP contribution in [0.3, 0.4) is 0 Å². The van der Waals surface area contributed by atoms with Gasteiger partial charge in [0, 0.05) is 23.4 Å². The zero-order valence-electron chi connectivity index (χ0n) is 13.7. The fourth-order valence-electron chi connectivity index (χ4n) is 3.67. The molecule has 4 nitrogen and oxygen atoms in total. The minimum Gasteiger partial charge on any atom is -0.367 e. The molecule has 5 heteroatoms. The molecule has 122 valence electrons. The van der Waals surface area contributed by atoms with E-state index in [0.29, 0.717) is 11.6 Å². The van der Waals surface area contributed by atoms with Crippen molar-refractivity contribution in [2.45, 2.75) is 25.8 Å². The number of pyridine rings is 1. The third kappa shape index (κ3) is 2.62. The Bertz CT molecular complexity index is 924. The predicted molar refractivity (Wildman–Crippen MR) is 101 cm³/mol. The number of likely N-dealkylation sites (N-methyl/N-ethyl adjacent to an activating group) is 1. The van der Waals surface area contributed by atoms with E-state index in [2.05, 4.69) is 34.7 Å². The molecule has 1 saturated heterocycles. The smallest absolute Gasteiger partial charge is 0.144 e. The van der Waals surface area contributed by atoms with Gasteiger partial charge in [0.2, 0.25) is 0 Å². The maximum Gasteiger partial charge on any atom is 0.144 e. The van der Waals surface area contributed by atoms with Crippen molar-refractivity contribution in [3.63, 3.8) is 0 Å². The first kappa shape index (κ1) is 15.4. The lowest BCUT2D eigenvalue weighted by Crippen LogP contribution is -2.34. The average Bonchev–Trinajstić information content (AvgIpc) is 3.28. The van der Waals surface area contributed by atoms with Crippen molar-refractivity contribution < 1.29 is 0 Å². The Morgan fingerprint density at radius 3 is 3.12 bits per heavy atom. The van der Waals surface area contributed by atoms with E-state index in [1.165, 1.54) is 29.5 Å². The molecule has 0 bridgehead atoms. The summed E-state index contributed by atoms with van der Waals surface area (Å²) in [6.45, 7) is 5.47. The third-order valence-corrected chi connectivity index (χ3v) is 5.86. The molecule has 1 atom stereocenters. The van der Waals surface area contributed by atoms with Crippen LogP contribution in [0.15, 0.2) is 29.6 Å². The molecule has 1 aliphatic heterocycles. The van der Waals surface area contributed by atoms with Crippen molar-refractivity contribution in [3.05, 3.63) is 35.2 Å². The molecule has 3 aromatic rings. The zero-order chi connectivity index (χ0) is 16.5. The Kier molecular flexibility index (Phi) is 4.09. The maximum atomic E-state index is 9.15. The predicted octanol–water partition coefficient (Wildman–Crippen LogP) is 4.22. The number of hydrogen-bond acceptors (Lipinski definition) is 5. The molecule has 0 radical (unpaired) electrons. The van der Waals surface area contributed by atoms with Gasteiger partial charge in [-0.2, -0.15) is 5.26 Å². The van der Waals surface area contributed by atoms with E-state index < -0.39 is 0 Å². The summed E-state index contributed by atoms with van der Waals surface area (Å²) in [6.07, 6.45) is 2.53. The fourth-order valence-corrected chi connectivity index (χ4v) is 4.55. The Hall–Kier alpha value is -2.16. The summed E-state index contributed by atoms with van der Waals surface area (Å²) >= 11 is 1.72. The molecule has 3 heterocycles. The monoisotopic (exact) mass is 336 g/mol. The van der Waals surface area contributed by atoms with Gasteiger partial charge >= 0.3 is 0 Å². The number of rotatable bonds is 4. The first-order valence-electron chi connectivity index (χ1n) is 8.49. The van der Waals surface area contributed by atoms with Gasteiger partial charge in [-0.05, 0) is 49.5 Å². The van der Waals surface area contributed by atoms with Crippen molar-refractivity contribution in [1.29, 1.82) is 5.26 Å². The number of nitriles is 1. The SMILES string of the molecule is CCN1CCCC1CNc1nc2cc(C#N)ccc2c2ccsc12. The summed E-state index contributed by atoms with van der Waals surface area (Å²) in [5.41, 5.74) is 1.55. The normalized spacial score (nSPS) is 18.2. The maximum absolute atomic E-state index is 9.15. The van der Waals surface area contributed by atoms with Gasteiger partial charge < -0.3 is 5.32 Å². The van der Waals surface area contributed by atoms with Gasteiger partial charge in [-0.3, -0.25) is 4.90 Å². The molecule has 0 amide bonds. The molecule has 0 saturated carbocycles. The van der Waals surface area contributed by atoms with Crippen molar-refractivity contribution in [3.8, 4) is 6.07 Å². The molecule has 1 unspecified atom stereocenters. The van der Waals surface area contributed by atoms with E-state index in [1.807, 2.05) is 18.2 Å². The van der Waals surface area contributed by atoms with Crippen LogP contribution >= 0.6 is 11.3 Å². The molecule has 1 aromatic carbocycles. The van der Waals surface area contributed by atoms with Crippen molar-refractivity contribution >= 4 is 38.1 Å². The second kappa shape index (κ2) is 6.39. The van der Waals surface area contributed by atoms with Gasteiger partial charge in [0.15, 0.2) is 0 Å². The summed E-state index contributed by atoms with van der Waals surface area (Å²) in [7, 11) is 0. The summed E-state index contributed by atoms with van der Waals surface area (Å²) < 4.78 is 1.20. The average molecular weight is 336 g/mol. The second-order valence-electron chi connectivity index (χ2n) is 6.27. The standard InChI is InChI=1S/C19H20N4S/c1-2-23-8-3-4-14(23)12-21-19-18-16(7-9-24-18)15-6-5-13(11-20)10-17(15)22-19/h5-7,9-10,14H,2-4,8,12H2,1H3,(H,21,22). The topological polar surface area (TPSA) is 52.0 Å². The molecule has 24 heavy (non-hydrogen) atoms. The summed E-state index contributed by atoms with van der Waals surface area (Å²) in [5.74, 6) is 0.950. The lowest BCUT2D eigenvalue weighted by Gasteiger charge is -2.23. The number of nitrogens with zero attached hydrogens (tertiary/aromatic N) is 3. The number of thiophene rings is 1. The van der Waals surface area contributed by atoms with Gasteiger partial charge in [-0.15, -0.1) is 11.3 Å². The molecule has 0 spiro atoms. The van der Waals surface area contributed by atoms with Crippen LogP contribution in [-0.2, 0) is 0 Å². The highest BCUT2D eigenvalue weighted by atomic mass is 32.1. The van der Waals surface area contributed by atoms with E-state index in [4.69, 9.17) is 10.2 Å². The summed E-state index contributed by atoms with van der Waals surface area (Å²) in [5, 5.41) is 17.2. The van der Waals surface area contributed by atoms with Crippen LogP contribution in [0, 0.1) is 11.3 Å². The van der Waals surface area contributed by atoms with Crippen LogP contribution in [0.1, 0.15) is 25.3 Å². The highest BCUT2D eigenvalue weighted by molar-refractivity contribution is 7.18. The minimum atomic E-state index is 0.591. The van der Waals surface area contributed by atoms with Gasteiger partial charge in [0.05, 0.1) is 21.8 Å². The summed E-state index contributed by atoms with van der Waals surface area (Å²) in [4.78, 5) is 7.36. The van der Waals surface area contributed by atoms with Crippen LogP contribution in [0.2, 0.25) is 0 Å². The van der Waals surface area contributed by atoms with Crippen molar-refractivity contribution in [2.75, 3.05) is 25.0 Å². The third-order valence-electron chi connectivity index (χ3n) is 4.94. The molecule has 0 aliphatic carbocycles. The lowest BCUT2D eigenvalue weighted by molar-refractivity contribution is 0.277. The van der Waals surface area contributed by atoms with Crippen LogP contribution < -0.4 is 5.32 Å². The van der Waals surface area contributed by atoms with Crippen LogP contribution in [0.25, 0.3) is 21.0 Å². The van der Waals surface area contributed by atoms with Crippen LogP contribution in [0.4, 0.5) is 5.82 Å². The molecular formula is C19H20N4S. The zero-order valence-corrected chi connectivity index (χ0v) is 14.6. The van der Waals surface area contributed by atoms with Gasteiger partial charge in [-0.1, -0.05) is 13.0 Å². The first-order chi connectivity index (χ1) is 11.8. The molecule has 1 aliphatic rings. The Morgan fingerprint density at radius 2 is 2.29 bits per heavy atom. The Balaban J connectivity index is 1.70. The van der Waals surface area contributed by atoms with Crippen LogP contribution in [-0.4, -0.2) is 35.6 Å². The van der Waals surface area contributed by atoms with E-state index >= 15 is 0 Å². The van der Waals surface area contributed by atoms with Crippen molar-refractivity contribution in [1.82, 2.24) is 9.88 Å². The number of fused-ring (bicyclic) bond motifs is 3. The lowest BCUT2D eigenvalue weighted by atomic mass is 10.1. The number of nitrogens with one attached hydrogen (secondary N) is 1. The van der Waals surface area contributed by atoms with Gasteiger partial charge in [-0.25, -0.2) is 4.98 Å². The quantitative estimate of drug-likeness (QED) is 0.775. The Morgan fingerprint density at radius 1 is 1.38 bits per heavy atom. The largest absolute Gasteiger partial charge is 0.367 e. The van der Waals surface area contributed by atoms with E-state index in [-0.39, 0.29) is 0 Å². The van der Waals surface area contributed by atoms with Crippen LogP contribution in [0.5, 0.6) is 0 Å². The van der Waals surface area contributed by atoms with Gasteiger partial charge in [0.1, 0.15) is 5.82 Å². The minimum absolute atomic E-state index is 0.591. The van der Waals surface area contributed by atoms with E-state index in [9.17, 15) is 0 Å². The molecule has 1 fully saturated rings. The number of anilines is 1. The second-order valence-corrected chi connectivity index (χ2v) is 7.19. The number of likely N-dealkylation sites (tertiary alicyclic amines) is 1. The molecule has 2 aromatic heterocycles. The highest BCUT2D eigenvalue weighted by Gasteiger charge is 2.23. The van der Waals surface area contributed by atoms with E-state index in [1.54, 1.807) is 11.3 Å². The van der Waals surface area contributed by atoms with Gasteiger partial charge in [0.25, 0.3) is 0 Å². The molecule has 4 rings (SSSR count). The summed E-state index contributed by atoms with van der Waals surface area (Å²) in [6, 6.07) is 10.7. The Labute approximate surface area is 145 Å². The number of aromatic nitrogens is 1. The van der Waals surface area contributed by atoms with Crippen molar-refractivity contribution in [2.24, 2.45) is 0 Å². The van der Waals surface area contributed by atoms with E-state index in [0.717, 1.165) is 29.8 Å². The first-order valence-corrected chi connectivity index (χ1v) is 9.37. The fraction of sp³-hybridized carbons (Fsp3) is 0.368.